The van der Waals surface area contributed by atoms with E-state index in [1.807, 2.05) is 0 Å². The smallest absolute Gasteiger partial charge is 0.325 e. The first-order valence-electron chi connectivity index (χ1n) is 8.75. The van der Waals surface area contributed by atoms with E-state index in [4.69, 9.17) is 0 Å². The fraction of sp³-hybridized carbons (Fsp3) is 0.750. The number of nitrogens with one attached hydrogen (secondary N) is 3. The van der Waals surface area contributed by atoms with E-state index in [-0.39, 0.29) is 11.9 Å². The van der Waals surface area contributed by atoms with Gasteiger partial charge in [0.05, 0.1) is 0 Å². The Kier molecular flexibility index (Phi) is 4.73. The molecule has 6 amide bonds. The maximum absolute atomic E-state index is 12.6. The van der Waals surface area contributed by atoms with Crippen LogP contribution in [0.25, 0.3) is 0 Å². The third kappa shape index (κ3) is 3.37. The number of rotatable bonds is 3. The van der Waals surface area contributed by atoms with Gasteiger partial charge in [0.25, 0.3) is 5.91 Å². The van der Waals surface area contributed by atoms with Crippen molar-refractivity contribution in [3.05, 3.63) is 0 Å². The highest BCUT2D eigenvalue weighted by Crippen LogP contribution is 2.33. The second kappa shape index (κ2) is 6.78. The third-order valence-corrected chi connectivity index (χ3v) is 5.20. The van der Waals surface area contributed by atoms with Gasteiger partial charge in [0.1, 0.15) is 12.1 Å². The van der Waals surface area contributed by atoms with E-state index in [2.05, 4.69) is 16.0 Å². The van der Waals surface area contributed by atoms with E-state index < -0.39 is 30.1 Å². The molecule has 1 aliphatic heterocycles. The first-order valence-corrected chi connectivity index (χ1v) is 8.75. The molecule has 1 heterocycles. The van der Waals surface area contributed by atoms with E-state index in [1.165, 1.54) is 0 Å². The molecule has 0 unspecified atom stereocenters. The minimum Gasteiger partial charge on any atom is -0.335 e. The van der Waals surface area contributed by atoms with Crippen LogP contribution in [0.15, 0.2) is 0 Å². The number of carbonyl (C=O) groups is 4. The summed E-state index contributed by atoms with van der Waals surface area (Å²) in [6.45, 7) is -0.426. The van der Waals surface area contributed by atoms with Crippen molar-refractivity contribution in [2.75, 3.05) is 6.54 Å². The van der Waals surface area contributed by atoms with Gasteiger partial charge >= 0.3 is 12.1 Å². The number of hydrogen-bond donors (Lipinski definition) is 3. The zero-order chi connectivity index (χ0) is 17.2. The Labute approximate surface area is 140 Å². The SMILES string of the molecule is O=C(CN1C(=O)NC2(CCCCC2)C1=O)NC(=O)NC1CCCC1. The lowest BCUT2D eigenvalue weighted by molar-refractivity contribution is -0.135. The second-order valence-corrected chi connectivity index (χ2v) is 6.97. The van der Waals surface area contributed by atoms with Crippen LogP contribution in [0.2, 0.25) is 0 Å². The molecule has 3 aliphatic rings. The topological polar surface area (TPSA) is 108 Å². The van der Waals surface area contributed by atoms with Crippen molar-refractivity contribution in [3.8, 4) is 0 Å². The molecule has 8 nitrogen and oxygen atoms in total. The van der Waals surface area contributed by atoms with Gasteiger partial charge in [-0.2, -0.15) is 0 Å². The van der Waals surface area contributed by atoms with Crippen LogP contribution in [0.5, 0.6) is 0 Å². The molecule has 0 aromatic heterocycles. The molecule has 8 heteroatoms. The van der Waals surface area contributed by atoms with Gasteiger partial charge in [0.2, 0.25) is 5.91 Å². The van der Waals surface area contributed by atoms with Crippen LogP contribution in [0.4, 0.5) is 9.59 Å². The van der Waals surface area contributed by atoms with Crippen molar-refractivity contribution in [2.45, 2.75) is 69.4 Å². The molecule has 24 heavy (non-hydrogen) atoms. The molecule has 1 saturated heterocycles. The Hall–Kier alpha value is -2.12. The van der Waals surface area contributed by atoms with Gasteiger partial charge in [-0.1, -0.05) is 32.1 Å². The van der Waals surface area contributed by atoms with Crippen LogP contribution in [-0.2, 0) is 9.59 Å². The number of nitrogens with zero attached hydrogens (tertiary/aromatic N) is 1. The molecule has 0 aromatic rings. The van der Waals surface area contributed by atoms with Crippen molar-refractivity contribution < 1.29 is 19.2 Å². The first kappa shape index (κ1) is 16.7. The van der Waals surface area contributed by atoms with Gasteiger partial charge in [-0.3, -0.25) is 19.8 Å². The van der Waals surface area contributed by atoms with E-state index in [9.17, 15) is 19.2 Å². The third-order valence-electron chi connectivity index (χ3n) is 5.20. The maximum Gasteiger partial charge on any atom is 0.325 e. The van der Waals surface area contributed by atoms with E-state index in [1.54, 1.807) is 0 Å². The Morgan fingerprint density at radius 1 is 1.08 bits per heavy atom. The highest BCUT2D eigenvalue weighted by atomic mass is 16.2. The monoisotopic (exact) mass is 336 g/mol. The molecule has 3 rings (SSSR count). The summed E-state index contributed by atoms with van der Waals surface area (Å²) in [6, 6.07) is -1.01. The lowest BCUT2D eigenvalue weighted by atomic mass is 9.82. The molecule has 0 radical (unpaired) electrons. The van der Waals surface area contributed by atoms with Crippen LogP contribution in [0, 0.1) is 0 Å². The van der Waals surface area contributed by atoms with Crippen LogP contribution in [0.1, 0.15) is 57.8 Å². The van der Waals surface area contributed by atoms with Crippen molar-refractivity contribution in [2.24, 2.45) is 0 Å². The normalized spacial score (nSPS) is 23.4. The lowest BCUT2D eigenvalue weighted by Crippen LogP contribution is -2.50. The molecule has 3 fully saturated rings. The quantitative estimate of drug-likeness (QED) is 0.668. The highest BCUT2D eigenvalue weighted by Gasteiger charge is 2.51. The molecular formula is C16H24N4O4. The lowest BCUT2D eigenvalue weighted by Gasteiger charge is -2.30. The van der Waals surface area contributed by atoms with E-state index in [0.717, 1.165) is 49.8 Å². The number of carbonyl (C=O) groups excluding carboxylic acids is 4. The molecule has 0 aromatic carbocycles. The van der Waals surface area contributed by atoms with Crippen LogP contribution in [-0.4, -0.2) is 46.9 Å². The molecule has 2 saturated carbocycles. The summed E-state index contributed by atoms with van der Waals surface area (Å²) in [5.74, 6) is -1.000. The molecule has 0 bridgehead atoms. The number of hydrogen-bond acceptors (Lipinski definition) is 4. The Morgan fingerprint density at radius 3 is 2.42 bits per heavy atom. The van der Waals surface area contributed by atoms with Crippen molar-refractivity contribution in [1.29, 1.82) is 0 Å². The molecule has 132 valence electrons. The first-order chi connectivity index (χ1) is 11.5. The average Bonchev–Trinajstić information content (AvgIpc) is 3.11. The molecule has 3 N–H and O–H groups in total. The predicted molar refractivity (Wildman–Crippen MR) is 85.0 cm³/mol. The average molecular weight is 336 g/mol. The van der Waals surface area contributed by atoms with Crippen molar-refractivity contribution in [3.63, 3.8) is 0 Å². The van der Waals surface area contributed by atoms with Gasteiger partial charge in [0.15, 0.2) is 0 Å². The Bertz CT molecular complexity index is 550. The fourth-order valence-corrected chi connectivity index (χ4v) is 3.92. The largest absolute Gasteiger partial charge is 0.335 e. The number of amides is 6. The summed E-state index contributed by atoms with van der Waals surface area (Å²) in [7, 11) is 0. The standard InChI is InChI=1S/C16H24N4O4/c21-12(18-14(23)17-11-6-2-3-7-11)10-20-13(22)16(19-15(20)24)8-4-1-5-9-16/h11H,1-10H2,(H,19,24)(H2,17,18,21,23). The van der Waals surface area contributed by atoms with Gasteiger partial charge < -0.3 is 10.6 Å². The Balaban J connectivity index is 1.53. The van der Waals surface area contributed by atoms with Gasteiger partial charge in [0, 0.05) is 6.04 Å². The summed E-state index contributed by atoms with van der Waals surface area (Å²) >= 11 is 0. The summed E-state index contributed by atoms with van der Waals surface area (Å²) < 4.78 is 0. The minimum absolute atomic E-state index is 0.0972. The molecule has 1 spiro atoms. The number of urea groups is 2. The van der Waals surface area contributed by atoms with Gasteiger partial charge in [-0.05, 0) is 25.7 Å². The minimum atomic E-state index is -0.846. The van der Waals surface area contributed by atoms with Crippen molar-refractivity contribution >= 4 is 23.9 Å². The van der Waals surface area contributed by atoms with E-state index >= 15 is 0 Å². The zero-order valence-electron chi connectivity index (χ0n) is 13.7. The Morgan fingerprint density at radius 2 is 1.75 bits per heavy atom. The summed E-state index contributed by atoms with van der Waals surface area (Å²) in [5, 5.41) is 7.69. The molecule has 0 atom stereocenters. The summed E-state index contributed by atoms with van der Waals surface area (Å²) in [5.41, 5.74) is -0.846. The maximum atomic E-state index is 12.6. The molecule has 2 aliphatic carbocycles. The van der Waals surface area contributed by atoms with Gasteiger partial charge in [-0.25, -0.2) is 9.59 Å². The summed E-state index contributed by atoms with van der Waals surface area (Å²) in [4.78, 5) is 49.3. The predicted octanol–water partition coefficient (Wildman–Crippen LogP) is 1.01. The number of imide groups is 2. The van der Waals surface area contributed by atoms with Crippen molar-refractivity contribution in [1.82, 2.24) is 20.9 Å². The van der Waals surface area contributed by atoms with Crippen LogP contribution >= 0.6 is 0 Å². The highest BCUT2D eigenvalue weighted by molar-refractivity contribution is 6.10. The van der Waals surface area contributed by atoms with E-state index in [0.29, 0.717) is 12.8 Å². The molecular weight excluding hydrogens is 312 g/mol. The van der Waals surface area contributed by atoms with Crippen LogP contribution < -0.4 is 16.0 Å². The summed E-state index contributed by atoms with van der Waals surface area (Å²) in [6.07, 6.45) is 8.01. The fourth-order valence-electron chi connectivity index (χ4n) is 3.92. The van der Waals surface area contributed by atoms with Crippen LogP contribution in [0.3, 0.4) is 0 Å². The van der Waals surface area contributed by atoms with Gasteiger partial charge in [-0.15, -0.1) is 0 Å². The zero-order valence-corrected chi connectivity index (χ0v) is 13.7. The second-order valence-electron chi connectivity index (χ2n) is 6.97.